The summed E-state index contributed by atoms with van der Waals surface area (Å²) in [4.78, 5) is 4.61. The predicted molar refractivity (Wildman–Crippen MR) is 178 cm³/mol. The minimum Gasteiger partial charge on any atom is -0.264 e. The van der Waals surface area contributed by atoms with Gasteiger partial charge in [0, 0.05) is 17.8 Å². The van der Waals surface area contributed by atoms with Crippen LogP contribution in [0.5, 0.6) is 0 Å². The van der Waals surface area contributed by atoms with Crippen molar-refractivity contribution >= 4 is 32.3 Å². The second-order valence-corrected chi connectivity index (χ2v) is 10.8. The first-order valence-corrected chi connectivity index (χ1v) is 14.4. The molecule has 196 valence electrons. The second-order valence-electron chi connectivity index (χ2n) is 10.8. The molecule has 1 nitrogen and oxygen atoms in total. The molecule has 42 heavy (non-hydrogen) atoms. The molecule has 0 saturated heterocycles. The van der Waals surface area contributed by atoms with Crippen molar-refractivity contribution in [3.05, 3.63) is 164 Å². The normalized spacial score (nSPS) is 11.3. The maximum atomic E-state index is 4.61. The van der Waals surface area contributed by atoms with Crippen molar-refractivity contribution in [1.82, 2.24) is 4.98 Å². The summed E-state index contributed by atoms with van der Waals surface area (Å²) >= 11 is 0. The Labute approximate surface area is 245 Å². The first kappa shape index (κ1) is 24.3. The number of hydrogen-bond acceptors (Lipinski definition) is 1. The van der Waals surface area contributed by atoms with Crippen LogP contribution in [0.3, 0.4) is 0 Å². The zero-order valence-electron chi connectivity index (χ0n) is 23.0. The minimum absolute atomic E-state index is 1.16. The summed E-state index contributed by atoms with van der Waals surface area (Å²) in [6.45, 7) is 0. The smallest absolute Gasteiger partial charge is 0.0353 e. The number of rotatable bonds is 4. The molecule has 1 heterocycles. The van der Waals surface area contributed by atoms with E-state index in [4.69, 9.17) is 0 Å². The van der Waals surface area contributed by atoms with Crippen LogP contribution in [0.1, 0.15) is 0 Å². The third kappa shape index (κ3) is 4.15. The van der Waals surface area contributed by atoms with Crippen molar-refractivity contribution in [3.63, 3.8) is 0 Å². The fourth-order valence-corrected chi connectivity index (χ4v) is 6.33. The van der Waals surface area contributed by atoms with E-state index >= 15 is 0 Å². The molecule has 0 saturated carbocycles. The highest BCUT2D eigenvalue weighted by atomic mass is 14.6. The van der Waals surface area contributed by atoms with Crippen molar-refractivity contribution in [2.45, 2.75) is 0 Å². The summed E-state index contributed by atoms with van der Waals surface area (Å²) in [6, 6.07) is 54.7. The van der Waals surface area contributed by atoms with Gasteiger partial charge < -0.3 is 0 Å². The number of benzene rings is 7. The summed E-state index contributed by atoms with van der Waals surface area (Å²) in [7, 11) is 0. The van der Waals surface area contributed by atoms with Gasteiger partial charge in [0.05, 0.1) is 0 Å². The summed E-state index contributed by atoms with van der Waals surface area (Å²) in [5, 5.41) is 7.36. The van der Waals surface area contributed by atoms with E-state index in [-0.39, 0.29) is 0 Å². The van der Waals surface area contributed by atoms with E-state index in [9.17, 15) is 0 Å². The number of fused-ring (bicyclic) bond motifs is 3. The summed E-state index contributed by atoms with van der Waals surface area (Å²) < 4.78 is 0. The average molecular weight is 534 g/mol. The Kier molecular flexibility index (Phi) is 5.86. The molecule has 0 aliphatic carbocycles. The fourth-order valence-electron chi connectivity index (χ4n) is 6.33. The van der Waals surface area contributed by atoms with E-state index in [0.29, 0.717) is 0 Å². The topological polar surface area (TPSA) is 12.9 Å². The van der Waals surface area contributed by atoms with Crippen LogP contribution in [0.4, 0.5) is 0 Å². The Hall–Kier alpha value is -5.53. The van der Waals surface area contributed by atoms with Crippen LogP contribution in [0.2, 0.25) is 0 Å². The quantitative estimate of drug-likeness (QED) is 0.205. The molecule has 8 aromatic rings. The van der Waals surface area contributed by atoms with Crippen molar-refractivity contribution < 1.29 is 0 Å². The first-order valence-electron chi connectivity index (χ1n) is 14.4. The number of pyridine rings is 1. The monoisotopic (exact) mass is 533 g/mol. The molecule has 1 aromatic heterocycles. The van der Waals surface area contributed by atoms with Crippen LogP contribution in [0.15, 0.2) is 164 Å². The molecule has 0 fully saturated rings. The van der Waals surface area contributed by atoms with Gasteiger partial charge in [-0.1, -0.05) is 133 Å². The highest BCUT2D eigenvalue weighted by Gasteiger charge is 2.17. The Morgan fingerprint density at radius 3 is 1.62 bits per heavy atom. The van der Waals surface area contributed by atoms with E-state index in [0.717, 1.165) is 5.39 Å². The van der Waals surface area contributed by atoms with Gasteiger partial charge in [-0.3, -0.25) is 4.98 Å². The van der Waals surface area contributed by atoms with Crippen LogP contribution in [0.25, 0.3) is 76.8 Å². The van der Waals surface area contributed by atoms with Gasteiger partial charge in [-0.05, 0) is 89.6 Å². The highest BCUT2D eigenvalue weighted by molar-refractivity contribution is 6.21. The summed E-state index contributed by atoms with van der Waals surface area (Å²) in [6.07, 6.45) is 3.94. The second kappa shape index (κ2) is 10.1. The number of nitrogens with zero attached hydrogens (tertiary/aromatic N) is 1. The summed E-state index contributed by atoms with van der Waals surface area (Å²) in [5.41, 5.74) is 9.76. The lowest BCUT2D eigenvalue weighted by molar-refractivity contribution is 1.37. The van der Waals surface area contributed by atoms with Crippen LogP contribution in [-0.4, -0.2) is 4.98 Å². The molecule has 7 aromatic carbocycles. The van der Waals surface area contributed by atoms with Gasteiger partial charge in [-0.25, -0.2) is 0 Å². The van der Waals surface area contributed by atoms with Crippen molar-refractivity contribution in [3.8, 4) is 44.5 Å². The van der Waals surface area contributed by atoms with Gasteiger partial charge in [0.1, 0.15) is 0 Å². The molecule has 0 aliphatic heterocycles. The van der Waals surface area contributed by atoms with Crippen LogP contribution < -0.4 is 0 Å². The molecule has 0 spiro atoms. The molecule has 8 rings (SSSR count). The lowest BCUT2D eigenvalue weighted by Crippen LogP contribution is -1.92. The molecule has 0 aliphatic rings. The van der Waals surface area contributed by atoms with Gasteiger partial charge in [-0.15, -0.1) is 0 Å². The Morgan fingerprint density at radius 1 is 0.310 bits per heavy atom. The molecule has 0 atom stereocenters. The van der Waals surface area contributed by atoms with Crippen molar-refractivity contribution in [2.75, 3.05) is 0 Å². The van der Waals surface area contributed by atoms with Gasteiger partial charge in [0.2, 0.25) is 0 Å². The first-order chi connectivity index (χ1) is 20.8. The van der Waals surface area contributed by atoms with Crippen molar-refractivity contribution in [1.29, 1.82) is 0 Å². The summed E-state index contributed by atoms with van der Waals surface area (Å²) in [5.74, 6) is 0. The Balaban J connectivity index is 1.32. The average Bonchev–Trinajstić information content (AvgIpc) is 3.07. The van der Waals surface area contributed by atoms with Crippen LogP contribution >= 0.6 is 0 Å². The zero-order chi connectivity index (χ0) is 27.9. The van der Waals surface area contributed by atoms with Crippen molar-refractivity contribution in [2.24, 2.45) is 0 Å². The molecule has 0 radical (unpaired) electrons. The largest absolute Gasteiger partial charge is 0.264 e. The van der Waals surface area contributed by atoms with E-state index in [1.165, 1.54) is 71.4 Å². The van der Waals surface area contributed by atoms with Gasteiger partial charge in [0.25, 0.3) is 0 Å². The van der Waals surface area contributed by atoms with E-state index in [1.54, 1.807) is 0 Å². The number of hydrogen-bond donors (Lipinski definition) is 0. The maximum absolute atomic E-state index is 4.61. The number of aromatic nitrogens is 1. The molecular weight excluding hydrogens is 506 g/mol. The van der Waals surface area contributed by atoms with E-state index < -0.39 is 0 Å². The van der Waals surface area contributed by atoms with Crippen LogP contribution in [-0.2, 0) is 0 Å². The van der Waals surface area contributed by atoms with Gasteiger partial charge in [-0.2, -0.15) is 0 Å². The maximum Gasteiger partial charge on any atom is 0.0353 e. The molecule has 0 N–H and O–H groups in total. The predicted octanol–water partition coefficient (Wildman–Crippen LogP) is 11.2. The third-order valence-electron chi connectivity index (χ3n) is 8.34. The minimum atomic E-state index is 1.16. The van der Waals surface area contributed by atoms with E-state index in [1.807, 2.05) is 12.4 Å². The Morgan fingerprint density at radius 2 is 0.833 bits per heavy atom. The lowest BCUT2D eigenvalue weighted by Gasteiger charge is -2.18. The molecular formula is C41H27N. The molecule has 0 amide bonds. The van der Waals surface area contributed by atoms with Crippen LogP contribution in [0, 0.1) is 0 Å². The van der Waals surface area contributed by atoms with Gasteiger partial charge in [0.15, 0.2) is 0 Å². The molecule has 1 heteroatoms. The lowest BCUT2D eigenvalue weighted by atomic mass is 9.85. The van der Waals surface area contributed by atoms with E-state index in [2.05, 4.69) is 157 Å². The standard InChI is InChI=1S/C41H27N/c1-2-9-28(10-3-1)30-17-19-31(20-18-30)33-13-8-14-34(25-33)41-37-16-7-6-15-36(37)40(38-23-24-42-27-39(38)41)35-22-21-29-11-4-5-12-32(29)26-35/h1-27H. The molecule has 0 bridgehead atoms. The van der Waals surface area contributed by atoms with Gasteiger partial charge >= 0.3 is 0 Å². The SMILES string of the molecule is c1ccc(-c2ccc(-c3cccc(-c4c5ccccc5c(-c5ccc6ccccc6c5)c5ccncc45)c3)cc2)cc1. The Bertz CT molecular complexity index is 2170. The molecule has 0 unspecified atom stereocenters. The highest BCUT2D eigenvalue weighted by Crippen LogP contribution is 2.44. The third-order valence-corrected chi connectivity index (χ3v) is 8.34. The fraction of sp³-hybridized carbons (Fsp3) is 0. The zero-order valence-corrected chi connectivity index (χ0v) is 23.0.